The summed E-state index contributed by atoms with van der Waals surface area (Å²) in [6.45, 7) is 1.19. The lowest BCUT2D eigenvalue weighted by Crippen LogP contribution is -2.50. The van der Waals surface area contributed by atoms with Gasteiger partial charge in [0.1, 0.15) is 12.1 Å². The Labute approximate surface area is 99.7 Å². The Hall–Kier alpha value is -1.59. The van der Waals surface area contributed by atoms with Crippen LogP contribution < -0.4 is 5.73 Å². The number of hydrogen-bond acceptors (Lipinski definition) is 3. The molecular weight excluding hydrogens is 222 g/mol. The number of nitrogens with zero attached hydrogens (tertiary/aromatic N) is 2. The molecule has 2 saturated heterocycles. The van der Waals surface area contributed by atoms with Crippen LogP contribution in [0.5, 0.6) is 0 Å². The summed E-state index contributed by atoms with van der Waals surface area (Å²) in [6, 6.07) is -0.885. The second-order valence-corrected chi connectivity index (χ2v) is 4.59. The van der Waals surface area contributed by atoms with Crippen LogP contribution >= 0.6 is 0 Å². The average Bonchev–Trinajstić information content (AvgIpc) is 2.96. The molecule has 0 aliphatic carbocycles. The van der Waals surface area contributed by atoms with Gasteiger partial charge in [-0.15, -0.1) is 0 Å². The minimum absolute atomic E-state index is 0.129. The van der Waals surface area contributed by atoms with Crippen LogP contribution in [-0.2, 0) is 14.4 Å². The van der Waals surface area contributed by atoms with Gasteiger partial charge in [0, 0.05) is 13.1 Å². The Kier molecular flexibility index (Phi) is 3.31. The van der Waals surface area contributed by atoms with Gasteiger partial charge in [-0.3, -0.25) is 14.4 Å². The molecule has 0 aromatic heterocycles. The molecule has 0 spiro atoms. The first-order valence-corrected chi connectivity index (χ1v) is 5.96. The Morgan fingerprint density at radius 1 is 1.12 bits per heavy atom. The van der Waals surface area contributed by atoms with Crippen LogP contribution in [0.25, 0.3) is 0 Å². The number of nitrogens with two attached hydrogens (primary N) is 1. The van der Waals surface area contributed by atoms with E-state index >= 15 is 0 Å². The lowest BCUT2D eigenvalue weighted by atomic mass is 10.1. The third-order valence-electron chi connectivity index (χ3n) is 3.58. The van der Waals surface area contributed by atoms with Crippen molar-refractivity contribution in [1.82, 2.24) is 9.80 Å². The number of amides is 3. The molecule has 0 saturated carbocycles. The number of carbonyl (C=O) groups is 3. The second kappa shape index (κ2) is 4.73. The van der Waals surface area contributed by atoms with Crippen LogP contribution in [0.15, 0.2) is 0 Å². The third kappa shape index (κ3) is 2.11. The van der Waals surface area contributed by atoms with Gasteiger partial charge in [-0.1, -0.05) is 0 Å². The lowest BCUT2D eigenvalue weighted by molar-refractivity contribution is -0.143. The van der Waals surface area contributed by atoms with Crippen LogP contribution in [0.3, 0.4) is 0 Å². The van der Waals surface area contributed by atoms with E-state index in [0.717, 1.165) is 12.8 Å². The first-order chi connectivity index (χ1) is 8.15. The quantitative estimate of drug-likeness (QED) is 0.647. The fourth-order valence-corrected chi connectivity index (χ4v) is 2.70. The molecule has 6 heteroatoms. The summed E-state index contributed by atoms with van der Waals surface area (Å²) in [7, 11) is 0. The van der Waals surface area contributed by atoms with Crippen molar-refractivity contribution >= 4 is 18.2 Å². The SMILES string of the molecule is NC(=O)C1CCCN1C(=O)C1CCCN1C=O. The van der Waals surface area contributed by atoms with Gasteiger partial charge < -0.3 is 15.5 Å². The van der Waals surface area contributed by atoms with E-state index in [0.29, 0.717) is 32.3 Å². The largest absolute Gasteiger partial charge is 0.368 e. The van der Waals surface area contributed by atoms with Crippen molar-refractivity contribution in [2.75, 3.05) is 13.1 Å². The Bertz CT molecular complexity index is 345. The second-order valence-electron chi connectivity index (χ2n) is 4.59. The molecule has 2 atom stereocenters. The van der Waals surface area contributed by atoms with E-state index in [2.05, 4.69) is 0 Å². The Morgan fingerprint density at radius 3 is 2.41 bits per heavy atom. The molecule has 0 aromatic rings. The number of hydrogen-bond donors (Lipinski definition) is 1. The van der Waals surface area contributed by atoms with Gasteiger partial charge in [0.05, 0.1) is 0 Å². The number of carbonyl (C=O) groups excluding carboxylic acids is 3. The van der Waals surface area contributed by atoms with E-state index in [1.807, 2.05) is 0 Å². The molecule has 3 amide bonds. The summed E-state index contributed by atoms with van der Waals surface area (Å²) < 4.78 is 0. The lowest BCUT2D eigenvalue weighted by Gasteiger charge is -2.28. The first-order valence-electron chi connectivity index (χ1n) is 5.96. The smallest absolute Gasteiger partial charge is 0.246 e. The number of primary amides is 1. The van der Waals surface area contributed by atoms with Crippen LogP contribution in [0.1, 0.15) is 25.7 Å². The molecule has 2 aliphatic heterocycles. The van der Waals surface area contributed by atoms with Gasteiger partial charge in [0.25, 0.3) is 0 Å². The molecule has 6 nitrogen and oxygen atoms in total. The van der Waals surface area contributed by atoms with Crippen LogP contribution in [0, 0.1) is 0 Å². The predicted octanol–water partition coefficient (Wildman–Crippen LogP) is -0.916. The van der Waals surface area contributed by atoms with E-state index in [-0.39, 0.29) is 5.91 Å². The molecule has 2 N–H and O–H groups in total. The highest BCUT2D eigenvalue weighted by Crippen LogP contribution is 2.23. The molecule has 94 valence electrons. The van der Waals surface area contributed by atoms with E-state index in [4.69, 9.17) is 5.73 Å². The maximum absolute atomic E-state index is 12.2. The van der Waals surface area contributed by atoms with Gasteiger partial charge in [0.2, 0.25) is 18.2 Å². The summed E-state index contributed by atoms with van der Waals surface area (Å²) in [5, 5.41) is 0. The van der Waals surface area contributed by atoms with Crippen molar-refractivity contribution in [3.63, 3.8) is 0 Å². The summed E-state index contributed by atoms with van der Waals surface area (Å²) >= 11 is 0. The van der Waals surface area contributed by atoms with E-state index in [9.17, 15) is 14.4 Å². The van der Waals surface area contributed by atoms with Crippen LogP contribution in [0.4, 0.5) is 0 Å². The maximum atomic E-state index is 12.2. The monoisotopic (exact) mass is 239 g/mol. The van der Waals surface area contributed by atoms with Crippen molar-refractivity contribution in [1.29, 1.82) is 0 Å². The van der Waals surface area contributed by atoms with Crippen molar-refractivity contribution in [2.45, 2.75) is 37.8 Å². The first kappa shape index (κ1) is 11.9. The minimum atomic E-state index is -0.489. The molecule has 2 heterocycles. The maximum Gasteiger partial charge on any atom is 0.246 e. The van der Waals surface area contributed by atoms with Gasteiger partial charge >= 0.3 is 0 Å². The van der Waals surface area contributed by atoms with Crippen molar-refractivity contribution in [3.8, 4) is 0 Å². The molecule has 2 unspecified atom stereocenters. The zero-order valence-electron chi connectivity index (χ0n) is 9.67. The topological polar surface area (TPSA) is 83.7 Å². The normalized spacial score (nSPS) is 28.5. The van der Waals surface area contributed by atoms with Gasteiger partial charge in [0.15, 0.2) is 0 Å². The average molecular weight is 239 g/mol. The third-order valence-corrected chi connectivity index (χ3v) is 3.58. The predicted molar refractivity (Wildman–Crippen MR) is 59.7 cm³/mol. The molecule has 0 aromatic carbocycles. The fourth-order valence-electron chi connectivity index (χ4n) is 2.70. The highest BCUT2D eigenvalue weighted by Gasteiger charge is 2.39. The van der Waals surface area contributed by atoms with Crippen molar-refractivity contribution in [3.05, 3.63) is 0 Å². The molecule has 2 rings (SSSR count). The summed E-state index contributed by atoms with van der Waals surface area (Å²) in [6.07, 6.45) is 3.66. The number of rotatable bonds is 3. The molecule has 0 bridgehead atoms. The van der Waals surface area contributed by atoms with Crippen LogP contribution in [-0.4, -0.2) is 53.2 Å². The van der Waals surface area contributed by atoms with Gasteiger partial charge in [-0.25, -0.2) is 0 Å². The summed E-state index contributed by atoms with van der Waals surface area (Å²) in [5.41, 5.74) is 5.28. The van der Waals surface area contributed by atoms with E-state index < -0.39 is 18.0 Å². The highest BCUT2D eigenvalue weighted by atomic mass is 16.2. The zero-order valence-corrected chi connectivity index (χ0v) is 9.67. The van der Waals surface area contributed by atoms with Gasteiger partial charge in [-0.05, 0) is 25.7 Å². The molecule has 2 fully saturated rings. The zero-order chi connectivity index (χ0) is 12.4. The highest BCUT2D eigenvalue weighted by molar-refractivity contribution is 5.90. The van der Waals surface area contributed by atoms with Gasteiger partial charge in [-0.2, -0.15) is 0 Å². The van der Waals surface area contributed by atoms with Crippen LogP contribution in [0.2, 0.25) is 0 Å². The standard InChI is InChI=1S/C11H17N3O3/c12-10(16)8-3-2-6-14(8)11(17)9-4-1-5-13(9)7-15/h7-9H,1-6H2,(H2,12,16). The molecule has 0 radical (unpaired) electrons. The van der Waals surface area contributed by atoms with Crippen molar-refractivity contribution < 1.29 is 14.4 Å². The summed E-state index contributed by atoms with van der Waals surface area (Å²) in [4.78, 5) is 37.3. The van der Waals surface area contributed by atoms with E-state index in [1.54, 1.807) is 0 Å². The Balaban J connectivity index is 2.08. The molecule has 17 heavy (non-hydrogen) atoms. The fraction of sp³-hybridized carbons (Fsp3) is 0.727. The van der Waals surface area contributed by atoms with Crippen molar-refractivity contribution in [2.24, 2.45) is 5.73 Å². The summed E-state index contributed by atoms with van der Waals surface area (Å²) in [5.74, 6) is -0.581. The molecule has 2 aliphatic rings. The number of likely N-dealkylation sites (tertiary alicyclic amines) is 2. The Morgan fingerprint density at radius 2 is 1.76 bits per heavy atom. The molecular formula is C11H17N3O3. The minimum Gasteiger partial charge on any atom is -0.368 e. The van der Waals surface area contributed by atoms with E-state index in [1.165, 1.54) is 9.80 Å².